The van der Waals surface area contributed by atoms with E-state index in [1.807, 2.05) is 21.1 Å². The number of likely N-dealkylation sites (N-methyl/N-ethyl adjacent to an activating group) is 1. The van der Waals surface area contributed by atoms with Crippen LogP contribution in [0.2, 0.25) is 0 Å². The molecular weight excluding hydrogens is 1060 g/mol. The summed E-state index contributed by atoms with van der Waals surface area (Å²) in [5.41, 5.74) is 0. The molecular formula is C74H128NO8P. The summed E-state index contributed by atoms with van der Waals surface area (Å²) in [6.07, 6.45) is 91.3. The predicted molar refractivity (Wildman–Crippen MR) is 360 cm³/mol. The molecule has 0 radical (unpaired) electrons. The van der Waals surface area contributed by atoms with Crippen molar-refractivity contribution in [3.05, 3.63) is 122 Å². The predicted octanol–water partition coefficient (Wildman–Crippen LogP) is 21.6. The topological polar surface area (TPSA) is 111 Å². The van der Waals surface area contributed by atoms with Crippen molar-refractivity contribution in [2.24, 2.45) is 0 Å². The molecule has 0 N–H and O–H groups in total. The number of hydrogen-bond donors (Lipinski definition) is 0. The Hall–Kier alpha value is -3.59. The fourth-order valence-corrected chi connectivity index (χ4v) is 9.96. The molecule has 0 fully saturated rings. The second-order valence-electron chi connectivity index (χ2n) is 23.8. The molecule has 482 valence electrons. The molecule has 0 aliphatic rings. The van der Waals surface area contributed by atoms with Gasteiger partial charge < -0.3 is 27.9 Å². The fourth-order valence-electron chi connectivity index (χ4n) is 9.23. The first-order chi connectivity index (χ1) is 41.0. The molecule has 0 heterocycles. The van der Waals surface area contributed by atoms with Gasteiger partial charge in [-0.3, -0.25) is 14.2 Å². The Kier molecular flexibility index (Phi) is 61.2. The van der Waals surface area contributed by atoms with Crippen LogP contribution in [0.5, 0.6) is 0 Å². The summed E-state index contributed by atoms with van der Waals surface area (Å²) in [5.74, 6) is -0.844. The van der Waals surface area contributed by atoms with E-state index in [9.17, 15) is 19.0 Å². The quantitative estimate of drug-likeness (QED) is 0.0195. The van der Waals surface area contributed by atoms with E-state index < -0.39 is 32.5 Å². The van der Waals surface area contributed by atoms with Crippen LogP contribution in [0.1, 0.15) is 284 Å². The number of hydrogen-bond acceptors (Lipinski definition) is 8. The Labute approximate surface area is 518 Å². The highest BCUT2D eigenvalue weighted by atomic mass is 31.2. The molecule has 0 rings (SSSR count). The normalized spacial score (nSPS) is 13.9. The van der Waals surface area contributed by atoms with Crippen molar-refractivity contribution in [3.8, 4) is 0 Å². The third-order valence-corrected chi connectivity index (χ3v) is 15.4. The molecule has 9 nitrogen and oxygen atoms in total. The number of unbranched alkanes of at least 4 members (excludes halogenated alkanes) is 28. The molecule has 0 bridgehead atoms. The van der Waals surface area contributed by atoms with E-state index >= 15 is 0 Å². The number of phosphoric ester groups is 1. The Balaban J connectivity index is 3.99. The zero-order valence-corrected chi connectivity index (χ0v) is 55.7. The van der Waals surface area contributed by atoms with Gasteiger partial charge in [0.15, 0.2) is 6.10 Å². The molecule has 0 aliphatic heterocycles. The molecule has 0 saturated carbocycles. The summed E-state index contributed by atoms with van der Waals surface area (Å²) in [4.78, 5) is 38.0. The number of quaternary nitrogens is 1. The average molecular weight is 1190 g/mol. The molecule has 84 heavy (non-hydrogen) atoms. The highest BCUT2D eigenvalue weighted by molar-refractivity contribution is 7.45. The number of phosphoric acid groups is 1. The van der Waals surface area contributed by atoms with Gasteiger partial charge in [-0.15, -0.1) is 0 Å². The first-order valence-electron chi connectivity index (χ1n) is 34.2. The number of nitrogens with zero attached hydrogens (tertiary/aromatic N) is 1. The van der Waals surface area contributed by atoms with Crippen molar-refractivity contribution < 1.29 is 42.1 Å². The molecule has 0 amide bonds. The van der Waals surface area contributed by atoms with E-state index in [1.165, 1.54) is 135 Å². The Morgan fingerprint density at radius 3 is 1.01 bits per heavy atom. The molecule has 0 aromatic heterocycles. The summed E-state index contributed by atoms with van der Waals surface area (Å²) in [7, 11) is 1.16. The minimum atomic E-state index is -4.65. The number of carbonyl (C=O) groups is 2. The van der Waals surface area contributed by atoms with Crippen LogP contribution in [-0.4, -0.2) is 70.0 Å². The van der Waals surface area contributed by atoms with Gasteiger partial charge in [-0.05, 0) is 109 Å². The number of esters is 2. The smallest absolute Gasteiger partial charge is 0.306 e. The van der Waals surface area contributed by atoms with Gasteiger partial charge in [-0.25, -0.2) is 0 Å². The van der Waals surface area contributed by atoms with Crippen LogP contribution in [0.25, 0.3) is 0 Å². The van der Waals surface area contributed by atoms with E-state index in [2.05, 4.69) is 135 Å². The lowest BCUT2D eigenvalue weighted by atomic mass is 10.0. The maximum absolute atomic E-state index is 12.8. The zero-order chi connectivity index (χ0) is 61.2. The average Bonchev–Trinajstić information content (AvgIpc) is 3.61. The fraction of sp³-hybridized carbons (Fsp3) is 0.703. The lowest BCUT2D eigenvalue weighted by molar-refractivity contribution is -0.870. The lowest BCUT2D eigenvalue weighted by Gasteiger charge is -2.28. The van der Waals surface area contributed by atoms with Gasteiger partial charge in [0.05, 0.1) is 27.7 Å². The van der Waals surface area contributed by atoms with Crippen LogP contribution in [0.4, 0.5) is 0 Å². The Morgan fingerprint density at radius 2 is 0.679 bits per heavy atom. The van der Waals surface area contributed by atoms with Crippen molar-refractivity contribution in [3.63, 3.8) is 0 Å². The Bertz CT molecular complexity index is 1830. The van der Waals surface area contributed by atoms with Crippen molar-refractivity contribution in [2.45, 2.75) is 290 Å². The van der Waals surface area contributed by atoms with Crippen LogP contribution in [0.15, 0.2) is 122 Å². The number of allylic oxidation sites excluding steroid dienone is 20. The van der Waals surface area contributed by atoms with Gasteiger partial charge in [0.2, 0.25) is 0 Å². The van der Waals surface area contributed by atoms with E-state index in [0.29, 0.717) is 23.9 Å². The first kappa shape index (κ1) is 80.4. The van der Waals surface area contributed by atoms with Gasteiger partial charge in [-0.2, -0.15) is 0 Å². The monoisotopic (exact) mass is 1190 g/mol. The largest absolute Gasteiger partial charge is 0.756 e. The molecule has 0 spiro atoms. The van der Waals surface area contributed by atoms with Gasteiger partial charge in [0.25, 0.3) is 7.82 Å². The van der Waals surface area contributed by atoms with Crippen LogP contribution in [-0.2, 0) is 32.7 Å². The number of carbonyl (C=O) groups excluding carboxylic acids is 2. The molecule has 2 unspecified atom stereocenters. The van der Waals surface area contributed by atoms with E-state index in [0.717, 1.165) is 109 Å². The minimum absolute atomic E-state index is 0.0364. The van der Waals surface area contributed by atoms with E-state index in [4.69, 9.17) is 18.5 Å². The van der Waals surface area contributed by atoms with Crippen molar-refractivity contribution >= 4 is 19.8 Å². The van der Waals surface area contributed by atoms with Crippen LogP contribution < -0.4 is 4.89 Å². The van der Waals surface area contributed by atoms with Gasteiger partial charge in [0.1, 0.15) is 19.8 Å². The Morgan fingerprint density at radius 1 is 0.381 bits per heavy atom. The summed E-state index contributed by atoms with van der Waals surface area (Å²) in [5, 5.41) is 0. The van der Waals surface area contributed by atoms with Gasteiger partial charge in [0, 0.05) is 12.8 Å². The van der Waals surface area contributed by atoms with Gasteiger partial charge >= 0.3 is 11.9 Å². The first-order valence-corrected chi connectivity index (χ1v) is 35.7. The maximum atomic E-state index is 12.8. The van der Waals surface area contributed by atoms with Crippen molar-refractivity contribution in [1.29, 1.82) is 0 Å². The standard InChI is InChI=1S/C74H128NO8P/c1-6-8-10-12-14-16-18-20-22-24-26-27-28-29-30-31-32-33-34-35-36-37-38-39-40-41-42-43-44-45-46-47-49-51-53-55-57-59-61-63-65-67-74(77)83-72(71-82-84(78,79)81-69-68-75(3,4)5)70-80-73(76)66-64-62-60-58-56-54-52-50-48-25-23-21-19-17-15-13-11-9-7-2/h8,10,14-17,20-23,26-27,29-30,32-33,35-36,48,50,72H,6-7,9,11-13,18-19,24-25,28,31,34,37-47,49,51-71H2,1-5H3/b10-8-,16-14-,17-15-,22-20-,23-21-,27-26-,30-29-,33-32-,36-35-,50-48-. The summed E-state index contributed by atoms with van der Waals surface area (Å²) in [6.45, 7) is 4.09. The maximum Gasteiger partial charge on any atom is 0.306 e. The van der Waals surface area contributed by atoms with Crippen molar-refractivity contribution in [2.75, 3.05) is 47.5 Å². The third-order valence-electron chi connectivity index (χ3n) is 14.5. The minimum Gasteiger partial charge on any atom is -0.756 e. The van der Waals surface area contributed by atoms with E-state index in [-0.39, 0.29) is 26.1 Å². The number of rotatable bonds is 62. The SMILES string of the molecule is CC/C=C\C/C=C\C/C=C\C/C=C\C/C=C\C/C=C\C/C=C\CCCCCCCCCCCCCCCCCCCCCC(=O)OC(COC(=O)CCCCCCCC/C=C\C/C=C\C/C=C\CCCCC)COP(=O)([O-])OCC[N+](C)(C)C. The number of ether oxygens (including phenoxy) is 2. The molecule has 0 saturated heterocycles. The van der Waals surface area contributed by atoms with E-state index in [1.54, 1.807) is 0 Å². The molecule has 0 aromatic carbocycles. The summed E-state index contributed by atoms with van der Waals surface area (Å²) >= 11 is 0. The molecule has 10 heteroatoms. The molecule has 0 aromatic rings. The third kappa shape index (κ3) is 67.5. The van der Waals surface area contributed by atoms with Crippen LogP contribution in [0, 0.1) is 0 Å². The molecule has 0 aliphatic carbocycles. The zero-order valence-electron chi connectivity index (χ0n) is 54.8. The second kappa shape index (κ2) is 63.9. The summed E-state index contributed by atoms with van der Waals surface area (Å²) in [6, 6.07) is 0. The highest BCUT2D eigenvalue weighted by Crippen LogP contribution is 2.38. The second-order valence-corrected chi connectivity index (χ2v) is 25.2. The van der Waals surface area contributed by atoms with Crippen molar-refractivity contribution in [1.82, 2.24) is 0 Å². The summed E-state index contributed by atoms with van der Waals surface area (Å²) < 4.78 is 34.2. The van der Waals surface area contributed by atoms with Crippen LogP contribution in [0.3, 0.4) is 0 Å². The molecule has 2 atom stereocenters. The highest BCUT2D eigenvalue weighted by Gasteiger charge is 2.22. The lowest BCUT2D eigenvalue weighted by Crippen LogP contribution is -2.37. The van der Waals surface area contributed by atoms with Crippen LogP contribution >= 0.6 is 7.82 Å². The van der Waals surface area contributed by atoms with Gasteiger partial charge in [-0.1, -0.05) is 283 Å².